The van der Waals surface area contributed by atoms with E-state index >= 15 is 0 Å². The van der Waals surface area contributed by atoms with Gasteiger partial charge >= 0.3 is 0 Å². The first-order valence-electron chi connectivity index (χ1n) is 11.1. The van der Waals surface area contributed by atoms with Crippen LogP contribution in [0.1, 0.15) is 29.8 Å². The van der Waals surface area contributed by atoms with Crippen LogP contribution in [0, 0.1) is 11.2 Å². The largest absolute Gasteiger partial charge is 0.484 e. The van der Waals surface area contributed by atoms with E-state index < -0.39 is 5.82 Å². The van der Waals surface area contributed by atoms with Crippen LogP contribution in [0.15, 0.2) is 78.9 Å². The molecular formula is C27H30FN3O3. The second kappa shape index (κ2) is 11.4. The van der Waals surface area contributed by atoms with E-state index in [0.29, 0.717) is 24.5 Å². The van der Waals surface area contributed by atoms with Crippen LogP contribution in [0.4, 0.5) is 10.1 Å². The highest BCUT2D eigenvalue weighted by molar-refractivity contribution is 5.94. The molecular weight excluding hydrogens is 433 g/mol. The molecule has 0 atom stereocenters. The smallest absolute Gasteiger partial charge is 0.262 e. The summed E-state index contributed by atoms with van der Waals surface area (Å²) in [5.41, 5.74) is 7.26. The van der Waals surface area contributed by atoms with Gasteiger partial charge in [0, 0.05) is 24.3 Å². The fraction of sp³-hybridized carbons (Fsp3) is 0.259. The third-order valence-corrected chi connectivity index (χ3v) is 5.23. The first-order chi connectivity index (χ1) is 16.3. The summed E-state index contributed by atoms with van der Waals surface area (Å²) in [5, 5.41) is 2.82. The summed E-state index contributed by atoms with van der Waals surface area (Å²) < 4.78 is 19.2. The first-order valence-corrected chi connectivity index (χ1v) is 11.1. The van der Waals surface area contributed by atoms with Gasteiger partial charge in [-0.05, 0) is 60.0 Å². The molecule has 3 N–H and O–H groups in total. The molecule has 0 spiro atoms. The summed E-state index contributed by atoms with van der Waals surface area (Å²) in [7, 11) is 0. The van der Waals surface area contributed by atoms with Crippen molar-refractivity contribution in [1.82, 2.24) is 4.90 Å². The number of hydrogen-bond acceptors (Lipinski definition) is 4. The van der Waals surface area contributed by atoms with Crippen LogP contribution in [-0.4, -0.2) is 36.4 Å². The van der Waals surface area contributed by atoms with E-state index in [0.717, 1.165) is 5.56 Å². The Balaban J connectivity index is 1.71. The van der Waals surface area contributed by atoms with E-state index in [1.54, 1.807) is 29.2 Å². The zero-order valence-electron chi connectivity index (χ0n) is 19.5. The van der Waals surface area contributed by atoms with Gasteiger partial charge in [-0.15, -0.1) is 0 Å². The quantitative estimate of drug-likeness (QED) is 0.465. The molecule has 0 fully saturated rings. The third-order valence-electron chi connectivity index (χ3n) is 5.23. The van der Waals surface area contributed by atoms with Crippen molar-refractivity contribution in [2.45, 2.75) is 20.4 Å². The van der Waals surface area contributed by atoms with Crippen molar-refractivity contribution < 1.29 is 18.7 Å². The summed E-state index contributed by atoms with van der Waals surface area (Å²) in [6.45, 7) is 4.88. The minimum absolute atomic E-state index is 0.122. The van der Waals surface area contributed by atoms with Gasteiger partial charge in [0.2, 0.25) is 0 Å². The number of benzene rings is 3. The number of nitrogens with zero attached hydrogens (tertiary/aromatic N) is 1. The lowest BCUT2D eigenvalue weighted by molar-refractivity contribution is -0.118. The van der Waals surface area contributed by atoms with Crippen LogP contribution in [-0.2, 0) is 11.3 Å². The van der Waals surface area contributed by atoms with E-state index in [-0.39, 0.29) is 35.9 Å². The number of nitrogens with one attached hydrogen (secondary N) is 1. The van der Waals surface area contributed by atoms with E-state index in [4.69, 9.17) is 10.5 Å². The topological polar surface area (TPSA) is 84.7 Å². The van der Waals surface area contributed by atoms with Gasteiger partial charge in [0.05, 0.1) is 0 Å². The number of carbonyl (C=O) groups excluding carboxylic acids is 2. The molecule has 0 saturated heterocycles. The molecule has 0 saturated carbocycles. The molecule has 0 aliphatic heterocycles. The maximum absolute atomic E-state index is 13.7. The predicted molar refractivity (Wildman–Crippen MR) is 131 cm³/mol. The van der Waals surface area contributed by atoms with E-state index in [1.165, 1.54) is 18.2 Å². The fourth-order valence-electron chi connectivity index (χ4n) is 3.42. The number of rotatable bonds is 10. The SMILES string of the molecule is CC(C)(CN)CN(Cc1cccc(NC(=O)COc2ccccc2)c1)C(=O)c1cccc(F)c1. The highest BCUT2D eigenvalue weighted by Gasteiger charge is 2.25. The normalized spacial score (nSPS) is 11.1. The lowest BCUT2D eigenvalue weighted by Crippen LogP contribution is -2.41. The molecule has 0 radical (unpaired) electrons. The van der Waals surface area contributed by atoms with E-state index in [2.05, 4.69) is 5.32 Å². The molecule has 7 heteroatoms. The van der Waals surface area contributed by atoms with Gasteiger partial charge < -0.3 is 20.7 Å². The second-order valence-electron chi connectivity index (χ2n) is 8.89. The number of amides is 2. The minimum atomic E-state index is -0.466. The highest BCUT2D eigenvalue weighted by Crippen LogP contribution is 2.21. The van der Waals surface area contributed by atoms with Gasteiger partial charge in [0.25, 0.3) is 11.8 Å². The molecule has 0 aromatic heterocycles. The second-order valence-corrected chi connectivity index (χ2v) is 8.89. The van der Waals surface area contributed by atoms with Gasteiger partial charge in [-0.3, -0.25) is 9.59 Å². The predicted octanol–water partition coefficient (Wildman–Crippen LogP) is 4.47. The molecule has 6 nitrogen and oxygen atoms in total. The number of ether oxygens (including phenoxy) is 1. The zero-order valence-corrected chi connectivity index (χ0v) is 19.5. The van der Waals surface area contributed by atoms with Crippen molar-refractivity contribution >= 4 is 17.5 Å². The zero-order chi connectivity index (χ0) is 24.6. The van der Waals surface area contributed by atoms with Crippen molar-refractivity contribution in [2.75, 3.05) is 25.0 Å². The Morgan fingerprint density at radius 1 is 1.00 bits per heavy atom. The van der Waals surface area contributed by atoms with Gasteiger partial charge in [0.15, 0.2) is 6.61 Å². The maximum atomic E-state index is 13.7. The monoisotopic (exact) mass is 463 g/mol. The number of para-hydroxylation sites is 1. The molecule has 0 bridgehead atoms. The third kappa shape index (κ3) is 7.42. The number of anilines is 1. The Kier molecular flexibility index (Phi) is 8.38. The van der Waals surface area contributed by atoms with Crippen LogP contribution < -0.4 is 15.8 Å². The molecule has 0 aliphatic rings. The Bertz CT molecular complexity index is 1120. The Morgan fingerprint density at radius 3 is 2.44 bits per heavy atom. The number of nitrogens with two attached hydrogens (primary N) is 1. The van der Waals surface area contributed by atoms with Crippen molar-refractivity contribution in [2.24, 2.45) is 11.1 Å². The Hall–Kier alpha value is -3.71. The summed E-state index contributed by atoms with van der Waals surface area (Å²) in [6, 6.07) is 22.0. The van der Waals surface area contributed by atoms with Gasteiger partial charge in [-0.1, -0.05) is 50.2 Å². The van der Waals surface area contributed by atoms with E-state index in [9.17, 15) is 14.0 Å². The number of carbonyl (C=O) groups is 2. The molecule has 2 amide bonds. The van der Waals surface area contributed by atoms with Gasteiger partial charge in [-0.2, -0.15) is 0 Å². The Labute approximate surface area is 199 Å². The summed E-state index contributed by atoms with van der Waals surface area (Å²) in [4.78, 5) is 27.2. The van der Waals surface area contributed by atoms with Crippen molar-refractivity contribution in [3.8, 4) is 5.75 Å². The lowest BCUT2D eigenvalue weighted by atomic mass is 9.92. The fourth-order valence-corrected chi connectivity index (χ4v) is 3.42. The molecule has 0 aliphatic carbocycles. The maximum Gasteiger partial charge on any atom is 0.262 e. The molecule has 34 heavy (non-hydrogen) atoms. The minimum Gasteiger partial charge on any atom is -0.484 e. The first kappa shape index (κ1) is 24.9. The van der Waals surface area contributed by atoms with Crippen LogP contribution in [0.3, 0.4) is 0 Å². The Morgan fingerprint density at radius 2 is 1.74 bits per heavy atom. The average molecular weight is 464 g/mol. The number of halogens is 1. The standard InChI is InChI=1S/C27H30FN3O3/c1-27(2,18-29)19-31(26(33)21-9-7-10-22(28)15-21)16-20-8-6-11-23(14-20)30-25(32)17-34-24-12-4-3-5-13-24/h3-15H,16-19,29H2,1-2H3,(H,30,32). The van der Waals surface area contributed by atoms with Gasteiger partial charge in [-0.25, -0.2) is 4.39 Å². The molecule has 0 unspecified atom stereocenters. The molecule has 178 valence electrons. The summed E-state index contributed by atoms with van der Waals surface area (Å²) in [5.74, 6) is -0.434. The van der Waals surface area contributed by atoms with Crippen LogP contribution >= 0.6 is 0 Å². The highest BCUT2D eigenvalue weighted by atomic mass is 19.1. The molecule has 3 aromatic carbocycles. The number of hydrogen-bond donors (Lipinski definition) is 2. The van der Waals surface area contributed by atoms with E-state index in [1.807, 2.05) is 50.2 Å². The van der Waals surface area contributed by atoms with Gasteiger partial charge in [0.1, 0.15) is 11.6 Å². The van der Waals surface area contributed by atoms with Crippen molar-refractivity contribution in [1.29, 1.82) is 0 Å². The molecule has 0 heterocycles. The summed E-state index contributed by atoms with van der Waals surface area (Å²) in [6.07, 6.45) is 0. The molecule has 3 rings (SSSR count). The van der Waals surface area contributed by atoms with Crippen LogP contribution in [0.2, 0.25) is 0 Å². The van der Waals surface area contributed by atoms with Crippen LogP contribution in [0.25, 0.3) is 0 Å². The molecule has 3 aromatic rings. The summed E-state index contributed by atoms with van der Waals surface area (Å²) >= 11 is 0. The van der Waals surface area contributed by atoms with Crippen LogP contribution in [0.5, 0.6) is 5.75 Å². The van der Waals surface area contributed by atoms with Crippen molar-refractivity contribution in [3.63, 3.8) is 0 Å². The lowest BCUT2D eigenvalue weighted by Gasteiger charge is -2.32. The average Bonchev–Trinajstić information content (AvgIpc) is 2.82. The van der Waals surface area contributed by atoms with Crippen molar-refractivity contribution in [3.05, 3.63) is 95.8 Å².